The molecule has 0 aromatic rings. The van der Waals surface area contributed by atoms with Crippen LogP contribution in [0.4, 0.5) is 0 Å². The summed E-state index contributed by atoms with van der Waals surface area (Å²) < 4.78 is 5.48. The molecule has 4 nitrogen and oxygen atoms in total. The molecule has 0 aliphatic heterocycles. The standard InChI is InChI=1S/C17H27NO3/c1-8-9-20-18-11-12(2)10-13-14(17(13,6)7)15(19)21-16(3,4)5/h8,10-11,13-14H,1,9H2,2-7H3/b12-10+,18-11+/t13-,14+/m1/s1. The van der Waals surface area contributed by atoms with Crippen LogP contribution in [0.2, 0.25) is 0 Å². The van der Waals surface area contributed by atoms with Gasteiger partial charge >= 0.3 is 5.97 Å². The lowest BCUT2D eigenvalue weighted by atomic mass is 10.1. The zero-order valence-corrected chi connectivity index (χ0v) is 14.0. The second kappa shape index (κ2) is 6.46. The average molecular weight is 293 g/mol. The van der Waals surface area contributed by atoms with Crippen molar-refractivity contribution in [2.75, 3.05) is 6.61 Å². The third-order valence-electron chi connectivity index (χ3n) is 3.54. The predicted molar refractivity (Wildman–Crippen MR) is 85.0 cm³/mol. The number of ether oxygens (including phenoxy) is 1. The Morgan fingerprint density at radius 1 is 1.38 bits per heavy atom. The van der Waals surface area contributed by atoms with Gasteiger partial charge in [-0.1, -0.05) is 37.7 Å². The summed E-state index contributed by atoms with van der Waals surface area (Å²) in [5.74, 6) is -0.0335. The maximum absolute atomic E-state index is 12.2. The summed E-state index contributed by atoms with van der Waals surface area (Å²) in [7, 11) is 0. The van der Waals surface area contributed by atoms with Crippen molar-refractivity contribution in [3.05, 3.63) is 24.3 Å². The van der Waals surface area contributed by atoms with Crippen molar-refractivity contribution in [2.24, 2.45) is 22.4 Å². The quantitative estimate of drug-likeness (QED) is 0.246. The van der Waals surface area contributed by atoms with E-state index in [1.807, 2.05) is 27.7 Å². The Balaban J connectivity index is 2.65. The van der Waals surface area contributed by atoms with Crippen LogP contribution in [0.1, 0.15) is 41.5 Å². The van der Waals surface area contributed by atoms with Crippen molar-refractivity contribution >= 4 is 12.2 Å². The summed E-state index contributed by atoms with van der Waals surface area (Å²) in [6, 6.07) is 0. The molecule has 1 fully saturated rings. The van der Waals surface area contributed by atoms with E-state index in [9.17, 15) is 4.79 Å². The fourth-order valence-corrected chi connectivity index (χ4v) is 2.35. The molecule has 21 heavy (non-hydrogen) atoms. The minimum absolute atomic E-state index is 0.0700. The molecular weight excluding hydrogens is 266 g/mol. The molecule has 0 bridgehead atoms. The molecule has 1 saturated carbocycles. The summed E-state index contributed by atoms with van der Waals surface area (Å²) >= 11 is 0. The second-order valence-corrected chi connectivity index (χ2v) is 7.09. The molecule has 1 rings (SSSR count). The minimum atomic E-state index is -0.445. The van der Waals surface area contributed by atoms with Crippen LogP contribution in [0.3, 0.4) is 0 Å². The van der Waals surface area contributed by atoms with E-state index in [2.05, 4.69) is 31.7 Å². The van der Waals surface area contributed by atoms with Gasteiger partial charge < -0.3 is 9.57 Å². The molecule has 118 valence electrons. The van der Waals surface area contributed by atoms with Crippen LogP contribution in [0, 0.1) is 17.3 Å². The summed E-state index contributed by atoms with van der Waals surface area (Å²) in [6.07, 6.45) is 5.36. The first-order valence-electron chi connectivity index (χ1n) is 7.27. The van der Waals surface area contributed by atoms with Crippen molar-refractivity contribution in [3.63, 3.8) is 0 Å². The highest BCUT2D eigenvalue weighted by atomic mass is 16.6. The van der Waals surface area contributed by atoms with Gasteiger partial charge in [0.2, 0.25) is 0 Å². The Morgan fingerprint density at radius 2 is 2.00 bits per heavy atom. The van der Waals surface area contributed by atoms with Crippen LogP contribution in [-0.2, 0) is 14.4 Å². The molecule has 1 aliphatic rings. The second-order valence-electron chi connectivity index (χ2n) is 7.09. The molecule has 0 radical (unpaired) electrons. The lowest BCUT2D eigenvalue weighted by Crippen LogP contribution is -2.26. The van der Waals surface area contributed by atoms with Gasteiger partial charge in [-0.15, -0.1) is 0 Å². The van der Waals surface area contributed by atoms with Gasteiger partial charge in [-0.2, -0.15) is 0 Å². The number of hydrogen-bond acceptors (Lipinski definition) is 4. The van der Waals surface area contributed by atoms with Crippen LogP contribution in [0.5, 0.6) is 0 Å². The van der Waals surface area contributed by atoms with E-state index < -0.39 is 5.60 Å². The molecule has 0 saturated heterocycles. The van der Waals surface area contributed by atoms with Crippen LogP contribution < -0.4 is 0 Å². The van der Waals surface area contributed by atoms with Gasteiger partial charge in [0, 0.05) is 0 Å². The van der Waals surface area contributed by atoms with Crippen molar-refractivity contribution in [2.45, 2.75) is 47.1 Å². The lowest BCUT2D eigenvalue weighted by molar-refractivity contribution is -0.157. The number of carbonyl (C=O) groups excluding carboxylic acids is 1. The molecule has 0 heterocycles. The zero-order chi connectivity index (χ0) is 16.3. The fraction of sp³-hybridized carbons (Fsp3) is 0.647. The lowest BCUT2D eigenvalue weighted by Gasteiger charge is -2.19. The molecule has 0 aromatic heterocycles. The topological polar surface area (TPSA) is 47.9 Å². The van der Waals surface area contributed by atoms with E-state index in [1.54, 1.807) is 12.3 Å². The highest BCUT2D eigenvalue weighted by Gasteiger charge is 2.61. The number of oxime groups is 1. The summed E-state index contributed by atoms with van der Waals surface area (Å²) in [4.78, 5) is 17.2. The summed E-state index contributed by atoms with van der Waals surface area (Å²) in [6.45, 7) is 15.7. The maximum atomic E-state index is 12.2. The molecule has 2 atom stereocenters. The first kappa shape index (κ1) is 17.5. The minimum Gasteiger partial charge on any atom is -0.460 e. The van der Waals surface area contributed by atoms with Crippen LogP contribution >= 0.6 is 0 Å². The van der Waals surface area contributed by atoms with E-state index in [-0.39, 0.29) is 23.2 Å². The molecule has 1 aliphatic carbocycles. The van der Waals surface area contributed by atoms with Gasteiger partial charge in [0.25, 0.3) is 0 Å². The summed E-state index contributed by atoms with van der Waals surface area (Å²) in [5, 5.41) is 3.84. The van der Waals surface area contributed by atoms with Crippen molar-refractivity contribution in [1.29, 1.82) is 0 Å². The normalized spacial score (nSPS) is 24.8. The van der Waals surface area contributed by atoms with E-state index in [1.165, 1.54) is 0 Å². The fourth-order valence-electron chi connectivity index (χ4n) is 2.35. The molecule has 0 amide bonds. The van der Waals surface area contributed by atoms with Gasteiger partial charge in [0.15, 0.2) is 0 Å². The summed E-state index contributed by atoms with van der Waals surface area (Å²) in [5.41, 5.74) is 0.460. The number of carbonyl (C=O) groups is 1. The molecule has 4 heteroatoms. The third-order valence-corrected chi connectivity index (χ3v) is 3.54. The van der Waals surface area contributed by atoms with E-state index in [4.69, 9.17) is 9.57 Å². The van der Waals surface area contributed by atoms with E-state index in [0.29, 0.717) is 6.61 Å². The number of esters is 1. The third kappa shape index (κ3) is 5.03. The van der Waals surface area contributed by atoms with Gasteiger partial charge in [0.1, 0.15) is 12.2 Å². The van der Waals surface area contributed by atoms with E-state index >= 15 is 0 Å². The molecule has 0 spiro atoms. The Bertz CT molecular complexity index is 455. The van der Waals surface area contributed by atoms with Crippen molar-refractivity contribution in [1.82, 2.24) is 0 Å². The van der Waals surface area contributed by atoms with E-state index in [0.717, 1.165) is 5.57 Å². The van der Waals surface area contributed by atoms with Crippen molar-refractivity contribution < 1.29 is 14.4 Å². The van der Waals surface area contributed by atoms with Gasteiger partial charge in [-0.25, -0.2) is 0 Å². The van der Waals surface area contributed by atoms with Crippen molar-refractivity contribution in [3.8, 4) is 0 Å². The Labute approximate surface area is 127 Å². The highest BCUT2D eigenvalue weighted by molar-refractivity contribution is 5.81. The Kier molecular flexibility index (Phi) is 5.37. The molecule has 0 unspecified atom stereocenters. The van der Waals surface area contributed by atoms with Gasteiger partial charge in [0.05, 0.1) is 12.1 Å². The molecule has 0 aromatic carbocycles. The Morgan fingerprint density at radius 3 is 2.52 bits per heavy atom. The smallest absolute Gasteiger partial charge is 0.310 e. The van der Waals surface area contributed by atoms with Crippen LogP contribution in [-0.4, -0.2) is 24.4 Å². The van der Waals surface area contributed by atoms with Crippen LogP contribution in [0.15, 0.2) is 29.5 Å². The largest absolute Gasteiger partial charge is 0.460 e. The maximum Gasteiger partial charge on any atom is 0.310 e. The molecule has 0 N–H and O–H groups in total. The van der Waals surface area contributed by atoms with Crippen LogP contribution in [0.25, 0.3) is 0 Å². The number of hydrogen-bond donors (Lipinski definition) is 0. The highest BCUT2D eigenvalue weighted by Crippen LogP contribution is 2.60. The van der Waals surface area contributed by atoms with Gasteiger partial charge in [-0.3, -0.25) is 4.79 Å². The Hall–Kier alpha value is -1.58. The molecular formula is C17H27NO3. The first-order valence-corrected chi connectivity index (χ1v) is 7.27. The SMILES string of the molecule is C=CCO/N=C/C(C)=C/[C@@H]1[C@@H](C(=O)OC(C)(C)C)C1(C)C. The predicted octanol–water partition coefficient (Wildman–Crippen LogP) is 3.74. The number of nitrogens with zero attached hydrogens (tertiary/aromatic N) is 1. The zero-order valence-electron chi connectivity index (χ0n) is 14.0. The monoisotopic (exact) mass is 293 g/mol. The first-order chi connectivity index (χ1) is 9.59. The average Bonchev–Trinajstić information content (AvgIpc) is 2.84. The number of rotatable bonds is 6. The number of allylic oxidation sites excluding steroid dienone is 2. The van der Waals surface area contributed by atoms with Gasteiger partial charge in [-0.05, 0) is 44.6 Å².